The molecule has 2 unspecified atom stereocenters. The number of phosphoric acid groups is 2. The predicted octanol–water partition coefficient (Wildman–Crippen LogP) is 8.75. The largest absolute Gasteiger partial charge is 0.481 e. The Hall–Kier alpha value is -3.32. The van der Waals surface area contributed by atoms with Crippen molar-refractivity contribution in [1.82, 2.24) is 9.55 Å². The number of hydrogen-bond acceptors (Lipinski definition) is 16. The standard InChI is InChI=1S/C48H81N3O16P2/c1-3-4-5-6-7-8-9-13-18-21-24-27-30-33-44(54)65-40(36-62-43(53)32-29-26-23-20-17-15-12-10-11-14-16-19-22-25-28-31-39(2)52)37-63-68(58,59)67-69(60,61)64-38-41-45(55)46(56)47(66-41)51-35-34-42(49)50-48(51)57/h11-12,14-15,19-20,22-23,34-35,39-41,45-47,52,55-56H,3-10,13,16-18,21,24-33,36-38H2,1-2H3,(H,58,59)(H,60,61)(H2,49,50,57)/b14-11-,15-12-,22-19-,23-20-/t39-,40-,41-,45-,46-,47-/m1/s1. The highest BCUT2D eigenvalue weighted by molar-refractivity contribution is 7.61. The Labute approximate surface area is 408 Å². The maximum absolute atomic E-state index is 12.8. The Morgan fingerprint density at radius 3 is 1.84 bits per heavy atom. The van der Waals surface area contributed by atoms with E-state index in [2.05, 4.69) is 52.7 Å². The molecule has 19 nitrogen and oxygen atoms in total. The van der Waals surface area contributed by atoms with E-state index < -0.39 is 83.7 Å². The van der Waals surface area contributed by atoms with Crippen LogP contribution in [0.2, 0.25) is 0 Å². The van der Waals surface area contributed by atoms with Crippen LogP contribution in [0.3, 0.4) is 0 Å². The first-order valence-corrected chi connectivity index (χ1v) is 27.7. The molecule has 1 aromatic rings. The molecule has 7 N–H and O–H groups in total. The summed E-state index contributed by atoms with van der Waals surface area (Å²) in [6, 6.07) is 1.24. The number of carbonyl (C=O) groups excluding carboxylic acids is 2. The first kappa shape index (κ1) is 61.8. The molecule has 8 atom stereocenters. The van der Waals surface area contributed by atoms with Crippen LogP contribution in [0.5, 0.6) is 0 Å². The van der Waals surface area contributed by atoms with Crippen molar-refractivity contribution >= 4 is 33.4 Å². The summed E-state index contributed by atoms with van der Waals surface area (Å²) in [6.07, 6.45) is 30.5. The third-order valence-electron chi connectivity index (χ3n) is 10.9. The van der Waals surface area contributed by atoms with Crippen LogP contribution in [-0.2, 0) is 46.3 Å². The van der Waals surface area contributed by atoms with E-state index in [0.29, 0.717) is 19.3 Å². The molecule has 0 bridgehead atoms. The molecule has 0 aliphatic carbocycles. The van der Waals surface area contributed by atoms with Crippen molar-refractivity contribution in [3.05, 3.63) is 71.4 Å². The molecular formula is C48H81N3O16P2. The number of aliphatic hydroxyl groups is 3. The number of carbonyl (C=O) groups is 2. The third kappa shape index (κ3) is 30.2. The Morgan fingerprint density at radius 1 is 0.754 bits per heavy atom. The van der Waals surface area contributed by atoms with Crippen LogP contribution in [-0.4, -0.2) is 96.9 Å². The molecule has 0 radical (unpaired) electrons. The molecule has 0 saturated carbocycles. The fraction of sp³-hybridized carbons (Fsp3) is 0.708. The van der Waals surface area contributed by atoms with Gasteiger partial charge in [-0.1, -0.05) is 133 Å². The van der Waals surface area contributed by atoms with Gasteiger partial charge in [0.1, 0.15) is 30.7 Å². The molecule has 0 spiro atoms. The molecule has 1 aliphatic heterocycles. The second-order valence-corrected chi connectivity index (χ2v) is 20.3. The lowest BCUT2D eigenvalue weighted by atomic mass is 10.0. The highest BCUT2D eigenvalue weighted by Crippen LogP contribution is 2.60. The first-order valence-electron chi connectivity index (χ1n) is 24.7. The van der Waals surface area contributed by atoms with Crippen LogP contribution in [0.4, 0.5) is 5.82 Å². The average Bonchev–Trinajstić information content (AvgIpc) is 3.57. The van der Waals surface area contributed by atoms with Gasteiger partial charge < -0.3 is 45.1 Å². The van der Waals surface area contributed by atoms with Gasteiger partial charge in [0.2, 0.25) is 0 Å². The van der Waals surface area contributed by atoms with Gasteiger partial charge in [0, 0.05) is 19.0 Å². The average molecular weight is 1020 g/mol. The molecule has 2 heterocycles. The van der Waals surface area contributed by atoms with Gasteiger partial charge in [-0.25, -0.2) is 13.9 Å². The summed E-state index contributed by atoms with van der Waals surface area (Å²) in [5.41, 5.74) is 4.58. The van der Waals surface area contributed by atoms with Crippen molar-refractivity contribution in [1.29, 1.82) is 0 Å². The Morgan fingerprint density at radius 2 is 1.28 bits per heavy atom. The highest BCUT2D eigenvalue weighted by atomic mass is 31.3. The minimum Gasteiger partial charge on any atom is -0.462 e. The van der Waals surface area contributed by atoms with Gasteiger partial charge in [-0.15, -0.1) is 0 Å². The summed E-state index contributed by atoms with van der Waals surface area (Å²) in [4.78, 5) is 61.8. The topological polar surface area (TPSA) is 286 Å². The number of phosphoric ester groups is 2. The van der Waals surface area contributed by atoms with Gasteiger partial charge in [0.05, 0.1) is 19.3 Å². The number of nitrogens with two attached hydrogens (primary N) is 1. The van der Waals surface area contributed by atoms with Crippen molar-refractivity contribution in [2.75, 3.05) is 25.6 Å². The third-order valence-corrected chi connectivity index (χ3v) is 13.5. The number of aromatic nitrogens is 2. The van der Waals surface area contributed by atoms with Crippen LogP contribution < -0.4 is 11.4 Å². The number of esters is 2. The fourth-order valence-corrected chi connectivity index (χ4v) is 9.20. The van der Waals surface area contributed by atoms with E-state index in [1.54, 1.807) is 6.92 Å². The summed E-state index contributed by atoms with van der Waals surface area (Å²) >= 11 is 0. The minimum atomic E-state index is -5.44. The smallest absolute Gasteiger partial charge is 0.462 e. The van der Waals surface area contributed by atoms with Crippen molar-refractivity contribution in [2.24, 2.45) is 0 Å². The van der Waals surface area contributed by atoms with Crippen molar-refractivity contribution in [3.8, 4) is 0 Å². The van der Waals surface area contributed by atoms with Crippen molar-refractivity contribution < 1.29 is 71.4 Å². The Bertz CT molecular complexity index is 1860. The number of aliphatic hydroxyl groups excluding tert-OH is 3. The van der Waals surface area contributed by atoms with Gasteiger partial charge in [0.25, 0.3) is 0 Å². The number of nitrogen functional groups attached to an aromatic ring is 1. The van der Waals surface area contributed by atoms with E-state index in [1.165, 1.54) is 57.4 Å². The summed E-state index contributed by atoms with van der Waals surface area (Å²) in [6.45, 7) is 1.64. The summed E-state index contributed by atoms with van der Waals surface area (Å²) in [5, 5.41) is 30.2. The molecule has 1 aliphatic rings. The van der Waals surface area contributed by atoms with Crippen molar-refractivity contribution in [2.45, 2.75) is 198 Å². The maximum atomic E-state index is 12.8. The SMILES string of the molecule is CCCCCCCCCCCCCCCC(=O)O[C@H](COC(=O)CCC/C=C\C/C=C\C/C=C\C/C=C\CCC[C@@H](C)O)COP(=O)(O)OP(=O)(O)OC[C@H]1O[C@@H](n2ccc(N)nc2=O)[C@H](O)[C@@H]1O. The van der Waals surface area contributed by atoms with E-state index in [4.69, 9.17) is 29.0 Å². The minimum absolute atomic E-state index is 0.0337. The molecule has 0 aromatic carbocycles. The molecule has 0 amide bonds. The highest BCUT2D eigenvalue weighted by Gasteiger charge is 2.46. The number of rotatable bonds is 40. The number of anilines is 1. The van der Waals surface area contributed by atoms with E-state index in [-0.39, 0.29) is 24.8 Å². The Balaban J connectivity index is 1.83. The summed E-state index contributed by atoms with van der Waals surface area (Å²) in [5.74, 6) is -1.38. The van der Waals surface area contributed by atoms with E-state index in [9.17, 15) is 48.6 Å². The lowest BCUT2D eigenvalue weighted by molar-refractivity contribution is -0.161. The normalized spacial score (nSPS) is 20.2. The molecule has 69 heavy (non-hydrogen) atoms. The van der Waals surface area contributed by atoms with E-state index in [0.717, 1.165) is 75.0 Å². The number of allylic oxidation sites excluding steroid dienone is 8. The fourth-order valence-electron chi connectivity index (χ4n) is 7.09. The number of ether oxygens (including phenoxy) is 3. The quantitative estimate of drug-likeness (QED) is 0.0155. The van der Waals surface area contributed by atoms with Crippen LogP contribution in [0, 0.1) is 0 Å². The molecule has 1 saturated heterocycles. The molecule has 2 rings (SSSR count). The summed E-state index contributed by atoms with van der Waals surface area (Å²) in [7, 11) is -10.9. The zero-order chi connectivity index (χ0) is 50.8. The van der Waals surface area contributed by atoms with Gasteiger partial charge in [-0.2, -0.15) is 9.29 Å². The van der Waals surface area contributed by atoms with Gasteiger partial charge in [0.15, 0.2) is 12.3 Å². The zero-order valence-corrected chi connectivity index (χ0v) is 42.5. The van der Waals surface area contributed by atoms with Crippen LogP contribution in [0.25, 0.3) is 0 Å². The second-order valence-electron chi connectivity index (χ2n) is 17.3. The van der Waals surface area contributed by atoms with Crippen LogP contribution in [0.1, 0.15) is 168 Å². The number of nitrogens with zero attached hydrogens (tertiary/aromatic N) is 2. The van der Waals surface area contributed by atoms with E-state index >= 15 is 0 Å². The van der Waals surface area contributed by atoms with Crippen LogP contribution >= 0.6 is 15.6 Å². The zero-order valence-electron chi connectivity index (χ0n) is 40.7. The Kier molecular flexibility index (Phi) is 32.8. The van der Waals surface area contributed by atoms with Gasteiger partial charge in [-0.05, 0) is 70.8 Å². The number of hydrogen-bond donors (Lipinski definition) is 6. The molecule has 1 fully saturated rings. The lowest BCUT2D eigenvalue weighted by Gasteiger charge is -2.21. The second kappa shape index (κ2) is 36.6. The molecular weight excluding hydrogens is 936 g/mol. The predicted molar refractivity (Wildman–Crippen MR) is 262 cm³/mol. The molecule has 394 valence electrons. The monoisotopic (exact) mass is 1020 g/mol. The van der Waals surface area contributed by atoms with Crippen molar-refractivity contribution in [3.63, 3.8) is 0 Å². The maximum Gasteiger partial charge on any atom is 0.481 e. The molecule has 21 heteroatoms. The van der Waals surface area contributed by atoms with E-state index in [1.807, 2.05) is 12.2 Å². The number of unbranched alkanes of at least 4 members (excludes halogenated alkanes) is 14. The lowest BCUT2D eigenvalue weighted by Crippen LogP contribution is -2.36. The first-order chi connectivity index (χ1) is 33.0. The van der Waals surface area contributed by atoms with Crippen LogP contribution in [0.15, 0.2) is 65.7 Å². The molecule has 1 aromatic heterocycles. The van der Waals surface area contributed by atoms with Gasteiger partial charge >= 0.3 is 33.3 Å². The summed E-state index contributed by atoms with van der Waals surface area (Å²) < 4.78 is 56.6. The van der Waals surface area contributed by atoms with Gasteiger partial charge in [-0.3, -0.25) is 23.2 Å².